The minimum absolute atomic E-state index is 0.0380. The van der Waals surface area contributed by atoms with Gasteiger partial charge >= 0.3 is 18.0 Å². The summed E-state index contributed by atoms with van der Waals surface area (Å²) in [6, 6.07) is 15.3. The summed E-state index contributed by atoms with van der Waals surface area (Å²) in [6.07, 6.45) is -8.71. The third kappa shape index (κ3) is 3.96. The Bertz CT molecular complexity index is 994. The Morgan fingerprint density at radius 3 is 2.00 bits per heavy atom. The number of alkyl halides is 7. The van der Waals surface area contributed by atoms with Gasteiger partial charge in [0.25, 0.3) is 0 Å². The maximum Gasteiger partial charge on any atom is 0.460 e. The van der Waals surface area contributed by atoms with Crippen LogP contribution in [0.2, 0.25) is 0 Å². The van der Waals surface area contributed by atoms with E-state index in [1.807, 2.05) is 0 Å². The van der Waals surface area contributed by atoms with Crippen LogP contribution in [0, 0.1) is 0 Å². The third-order valence-electron chi connectivity index (χ3n) is 5.05. The van der Waals surface area contributed by atoms with Gasteiger partial charge in [-0.3, -0.25) is 4.79 Å². The summed E-state index contributed by atoms with van der Waals surface area (Å²) in [7, 11) is 0. The molecule has 0 spiro atoms. The standard InChI is InChI=1S/C21H17F7N2O2/c22-19(23,20(24,25)21(26,27)28)18(32)13-16(15-9-5-2-6-10-15)29-30(18)17(31)12-11-14-7-3-1-4-8-14/h1-10,32H,11-13H2/t18-/m1/s1. The van der Waals surface area contributed by atoms with Crippen molar-refractivity contribution in [3.63, 3.8) is 0 Å². The minimum Gasteiger partial charge on any atom is -0.364 e. The molecular weight excluding hydrogens is 445 g/mol. The number of carbonyl (C=O) groups excluding carboxylic acids is 1. The van der Waals surface area contributed by atoms with Crippen LogP contribution < -0.4 is 0 Å². The number of halogens is 7. The number of aliphatic hydroxyl groups is 1. The molecule has 0 bridgehead atoms. The molecule has 1 atom stereocenters. The molecular formula is C21H17F7N2O2. The Hall–Kier alpha value is -2.95. The predicted molar refractivity (Wildman–Crippen MR) is 100 cm³/mol. The molecule has 0 radical (unpaired) electrons. The van der Waals surface area contributed by atoms with E-state index < -0.39 is 48.2 Å². The van der Waals surface area contributed by atoms with Crippen LogP contribution in [0.3, 0.4) is 0 Å². The van der Waals surface area contributed by atoms with Crippen LogP contribution in [0.5, 0.6) is 0 Å². The van der Waals surface area contributed by atoms with Gasteiger partial charge < -0.3 is 5.11 Å². The Labute approximate surface area is 178 Å². The molecule has 0 saturated heterocycles. The maximum atomic E-state index is 14.7. The van der Waals surface area contributed by atoms with Crippen molar-refractivity contribution in [3.05, 3.63) is 71.8 Å². The lowest BCUT2D eigenvalue weighted by Crippen LogP contribution is -2.69. The molecule has 1 heterocycles. The molecule has 1 amide bonds. The van der Waals surface area contributed by atoms with Crippen molar-refractivity contribution in [1.29, 1.82) is 0 Å². The number of hydrogen-bond acceptors (Lipinski definition) is 3. The molecule has 0 fully saturated rings. The van der Waals surface area contributed by atoms with Gasteiger partial charge in [0.15, 0.2) is 0 Å². The fraction of sp³-hybridized carbons (Fsp3) is 0.333. The first-order valence-electron chi connectivity index (χ1n) is 9.36. The molecule has 4 nitrogen and oxygen atoms in total. The first-order valence-corrected chi connectivity index (χ1v) is 9.36. The van der Waals surface area contributed by atoms with Crippen molar-refractivity contribution in [1.82, 2.24) is 5.01 Å². The molecule has 1 aliphatic rings. The number of rotatable bonds is 6. The van der Waals surface area contributed by atoms with E-state index in [2.05, 4.69) is 5.10 Å². The molecule has 1 aliphatic heterocycles. The second kappa shape index (κ2) is 8.19. The Morgan fingerprint density at radius 2 is 1.47 bits per heavy atom. The number of carbonyl (C=O) groups is 1. The second-order valence-electron chi connectivity index (χ2n) is 7.24. The highest BCUT2D eigenvalue weighted by molar-refractivity contribution is 6.03. The van der Waals surface area contributed by atoms with Gasteiger partial charge in [-0.05, 0) is 17.5 Å². The quantitative estimate of drug-likeness (QED) is 0.629. The number of benzene rings is 2. The normalized spacial score (nSPS) is 19.8. The molecule has 2 aromatic carbocycles. The first-order chi connectivity index (χ1) is 14.8. The van der Waals surface area contributed by atoms with Crippen LogP contribution in [0.4, 0.5) is 30.7 Å². The number of hydrogen-bond donors (Lipinski definition) is 1. The van der Waals surface area contributed by atoms with Crippen molar-refractivity contribution in [3.8, 4) is 0 Å². The monoisotopic (exact) mass is 462 g/mol. The highest BCUT2D eigenvalue weighted by atomic mass is 19.4. The molecule has 2 aromatic rings. The van der Waals surface area contributed by atoms with Crippen LogP contribution in [-0.4, -0.2) is 45.5 Å². The van der Waals surface area contributed by atoms with Crippen molar-refractivity contribution >= 4 is 11.6 Å². The zero-order chi connectivity index (χ0) is 23.8. The average molecular weight is 462 g/mol. The third-order valence-corrected chi connectivity index (χ3v) is 5.05. The van der Waals surface area contributed by atoms with E-state index in [1.165, 1.54) is 24.3 Å². The number of aryl methyl sites for hydroxylation is 1. The molecule has 0 aliphatic carbocycles. The summed E-state index contributed by atoms with van der Waals surface area (Å²) >= 11 is 0. The van der Waals surface area contributed by atoms with Crippen molar-refractivity contribution < 1.29 is 40.6 Å². The fourth-order valence-electron chi connectivity index (χ4n) is 3.27. The maximum absolute atomic E-state index is 14.7. The van der Waals surface area contributed by atoms with Gasteiger partial charge in [0.1, 0.15) is 0 Å². The minimum atomic E-state index is -6.68. The SMILES string of the molecule is O=C(CCc1ccccc1)N1N=C(c2ccccc2)C[C@@]1(O)C(F)(F)C(F)(F)C(F)(F)F. The van der Waals surface area contributed by atoms with Gasteiger partial charge in [-0.25, -0.2) is 0 Å². The summed E-state index contributed by atoms with van der Waals surface area (Å²) in [5.41, 5.74) is -4.00. The Balaban J connectivity index is 2.00. The summed E-state index contributed by atoms with van der Waals surface area (Å²) in [4.78, 5) is 12.6. The van der Waals surface area contributed by atoms with Crippen LogP contribution in [0.1, 0.15) is 24.0 Å². The largest absolute Gasteiger partial charge is 0.460 e. The van der Waals surface area contributed by atoms with E-state index in [9.17, 15) is 40.6 Å². The highest BCUT2D eigenvalue weighted by Gasteiger charge is 2.82. The van der Waals surface area contributed by atoms with Gasteiger partial charge in [0.2, 0.25) is 11.6 Å². The molecule has 11 heteroatoms. The molecule has 0 saturated carbocycles. The van der Waals surface area contributed by atoms with Crippen LogP contribution in [-0.2, 0) is 11.2 Å². The summed E-state index contributed by atoms with van der Waals surface area (Å²) in [5.74, 6) is -14.1. The summed E-state index contributed by atoms with van der Waals surface area (Å²) in [5, 5.41) is 13.8. The zero-order valence-corrected chi connectivity index (χ0v) is 16.3. The Morgan fingerprint density at radius 1 is 0.938 bits per heavy atom. The van der Waals surface area contributed by atoms with Gasteiger partial charge in [-0.1, -0.05) is 60.7 Å². The smallest absolute Gasteiger partial charge is 0.364 e. The number of hydrazone groups is 1. The summed E-state index contributed by atoms with van der Waals surface area (Å²) < 4.78 is 95.3. The lowest BCUT2D eigenvalue weighted by molar-refractivity contribution is -0.401. The van der Waals surface area contributed by atoms with E-state index in [4.69, 9.17) is 0 Å². The molecule has 1 N–H and O–H groups in total. The van der Waals surface area contributed by atoms with Gasteiger partial charge in [0, 0.05) is 12.8 Å². The van der Waals surface area contributed by atoms with E-state index in [-0.39, 0.29) is 17.0 Å². The van der Waals surface area contributed by atoms with Gasteiger partial charge in [0.05, 0.1) is 5.71 Å². The van der Waals surface area contributed by atoms with Crippen LogP contribution in [0.25, 0.3) is 0 Å². The fourth-order valence-corrected chi connectivity index (χ4v) is 3.27. The first kappa shape index (κ1) is 23.7. The number of amides is 1. The predicted octanol–water partition coefficient (Wildman–Crippen LogP) is 4.78. The van der Waals surface area contributed by atoms with Crippen molar-refractivity contribution in [2.45, 2.75) is 43.0 Å². The highest BCUT2D eigenvalue weighted by Crippen LogP contribution is 2.54. The number of nitrogens with zero attached hydrogens (tertiary/aromatic N) is 2. The van der Waals surface area contributed by atoms with Crippen LogP contribution in [0.15, 0.2) is 65.8 Å². The van der Waals surface area contributed by atoms with E-state index in [1.54, 1.807) is 36.4 Å². The van der Waals surface area contributed by atoms with Crippen molar-refractivity contribution in [2.24, 2.45) is 5.10 Å². The zero-order valence-electron chi connectivity index (χ0n) is 16.3. The topological polar surface area (TPSA) is 52.9 Å². The lowest BCUT2D eigenvalue weighted by Gasteiger charge is -2.41. The van der Waals surface area contributed by atoms with E-state index in [0.717, 1.165) is 0 Å². The van der Waals surface area contributed by atoms with Crippen molar-refractivity contribution in [2.75, 3.05) is 0 Å². The Kier molecular flexibility index (Phi) is 6.07. The van der Waals surface area contributed by atoms with E-state index >= 15 is 0 Å². The van der Waals surface area contributed by atoms with E-state index in [0.29, 0.717) is 5.56 Å². The molecule has 32 heavy (non-hydrogen) atoms. The summed E-state index contributed by atoms with van der Waals surface area (Å²) in [6.45, 7) is 0. The lowest BCUT2D eigenvalue weighted by atomic mass is 9.91. The van der Waals surface area contributed by atoms with Gasteiger partial charge in [-0.2, -0.15) is 40.8 Å². The second-order valence-corrected chi connectivity index (χ2v) is 7.24. The average Bonchev–Trinajstić information content (AvgIpc) is 3.12. The molecule has 0 unspecified atom stereocenters. The molecule has 3 rings (SSSR count). The molecule has 172 valence electrons. The van der Waals surface area contributed by atoms with Gasteiger partial charge in [-0.15, -0.1) is 0 Å². The van der Waals surface area contributed by atoms with Crippen LogP contribution >= 0.6 is 0 Å². The molecule has 0 aromatic heterocycles.